The third kappa shape index (κ3) is 4.28. The third-order valence-electron chi connectivity index (χ3n) is 1.85. The van der Waals surface area contributed by atoms with E-state index in [1.54, 1.807) is 12.1 Å². The number of hydrogen-bond acceptors (Lipinski definition) is 1. The lowest BCUT2D eigenvalue weighted by Gasteiger charge is -2.03. The molecule has 0 aromatic heterocycles. The van der Waals surface area contributed by atoms with Crippen LogP contribution >= 0.6 is 0 Å². The Kier molecular flexibility index (Phi) is 4.36. The number of hydrogen-bond donors (Lipinski definition) is 1. The molecule has 0 bridgehead atoms. The van der Waals surface area contributed by atoms with Gasteiger partial charge in [0.15, 0.2) is 0 Å². The van der Waals surface area contributed by atoms with Gasteiger partial charge in [-0.1, -0.05) is 12.1 Å². The van der Waals surface area contributed by atoms with E-state index in [9.17, 15) is 9.18 Å². The lowest BCUT2D eigenvalue weighted by molar-refractivity contribution is -0.120. The van der Waals surface area contributed by atoms with Crippen LogP contribution in [0.4, 0.5) is 4.39 Å². The highest BCUT2D eigenvalue weighted by atomic mass is 19.1. The van der Waals surface area contributed by atoms with Crippen LogP contribution in [0.5, 0.6) is 0 Å². The maximum atomic E-state index is 12.8. The molecule has 3 heteroatoms. The molecule has 0 heterocycles. The van der Waals surface area contributed by atoms with Crippen LogP contribution in [-0.4, -0.2) is 12.5 Å². The van der Waals surface area contributed by atoms with Crippen molar-refractivity contribution in [1.82, 2.24) is 5.32 Å². The predicted octanol–water partition coefficient (Wildman–Crippen LogP) is 1.51. The van der Waals surface area contributed by atoms with Crippen LogP contribution in [0.3, 0.4) is 0 Å². The Balaban J connectivity index is 2.42. The summed E-state index contributed by atoms with van der Waals surface area (Å²) in [7, 11) is 0. The Morgan fingerprint density at radius 3 is 3.00 bits per heavy atom. The van der Waals surface area contributed by atoms with Crippen molar-refractivity contribution in [3.63, 3.8) is 0 Å². The molecule has 15 heavy (non-hydrogen) atoms. The first kappa shape index (κ1) is 11.3. The van der Waals surface area contributed by atoms with E-state index in [1.165, 1.54) is 12.1 Å². The van der Waals surface area contributed by atoms with Gasteiger partial charge in [-0.3, -0.25) is 4.79 Å². The summed E-state index contributed by atoms with van der Waals surface area (Å²) in [6.45, 7) is 0.463. The molecule has 1 aromatic rings. The molecule has 2 nitrogen and oxygen atoms in total. The molecule has 0 aliphatic rings. The molecule has 0 saturated heterocycles. The van der Waals surface area contributed by atoms with Gasteiger partial charge in [0.2, 0.25) is 5.91 Å². The molecular formula is C12H12FNO. The first-order chi connectivity index (χ1) is 7.22. The molecule has 1 aromatic carbocycles. The lowest BCUT2D eigenvalue weighted by atomic mass is 10.1. The maximum Gasteiger partial charge on any atom is 0.224 e. The average Bonchev–Trinajstić information content (AvgIpc) is 2.18. The SMILES string of the molecule is C#CCCNC(=O)Cc1cccc(F)c1. The van der Waals surface area contributed by atoms with Gasteiger partial charge in [-0.05, 0) is 17.7 Å². The van der Waals surface area contributed by atoms with Crippen molar-refractivity contribution >= 4 is 5.91 Å². The molecule has 1 rings (SSSR count). The second-order valence-electron chi connectivity index (χ2n) is 3.11. The number of benzene rings is 1. The fraction of sp³-hybridized carbons (Fsp3) is 0.250. The second kappa shape index (κ2) is 5.82. The van der Waals surface area contributed by atoms with Crippen LogP contribution in [-0.2, 0) is 11.2 Å². The molecule has 0 unspecified atom stereocenters. The van der Waals surface area contributed by atoms with E-state index in [4.69, 9.17) is 6.42 Å². The van der Waals surface area contributed by atoms with Crippen LogP contribution in [0.25, 0.3) is 0 Å². The fourth-order valence-electron chi connectivity index (χ4n) is 1.17. The summed E-state index contributed by atoms with van der Waals surface area (Å²) in [6, 6.07) is 5.99. The minimum Gasteiger partial charge on any atom is -0.355 e. The van der Waals surface area contributed by atoms with Gasteiger partial charge in [-0.15, -0.1) is 12.3 Å². The number of carbonyl (C=O) groups excluding carboxylic acids is 1. The van der Waals surface area contributed by atoms with Gasteiger partial charge < -0.3 is 5.32 Å². The van der Waals surface area contributed by atoms with E-state index in [-0.39, 0.29) is 18.1 Å². The predicted molar refractivity (Wildman–Crippen MR) is 56.6 cm³/mol. The van der Waals surface area contributed by atoms with Crippen molar-refractivity contribution < 1.29 is 9.18 Å². The van der Waals surface area contributed by atoms with Crippen molar-refractivity contribution in [2.24, 2.45) is 0 Å². The van der Waals surface area contributed by atoms with E-state index in [2.05, 4.69) is 11.2 Å². The van der Waals surface area contributed by atoms with E-state index in [1.807, 2.05) is 0 Å². The van der Waals surface area contributed by atoms with E-state index >= 15 is 0 Å². The summed E-state index contributed by atoms with van der Waals surface area (Å²) in [4.78, 5) is 11.3. The minimum atomic E-state index is -0.330. The molecule has 0 saturated carbocycles. The van der Waals surface area contributed by atoms with Crippen molar-refractivity contribution in [2.75, 3.05) is 6.54 Å². The number of halogens is 1. The average molecular weight is 205 g/mol. The molecule has 0 fully saturated rings. The molecule has 0 aliphatic carbocycles. The topological polar surface area (TPSA) is 29.1 Å². The van der Waals surface area contributed by atoms with Gasteiger partial charge >= 0.3 is 0 Å². The van der Waals surface area contributed by atoms with Crippen molar-refractivity contribution in [3.8, 4) is 12.3 Å². The number of terminal acetylenes is 1. The Bertz CT molecular complexity index is 381. The molecule has 0 atom stereocenters. The number of amides is 1. The van der Waals surface area contributed by atoms with Gasteiger partial charge in [0, 0.05) is 13.0 Å². The summed E-state index contributed by atoms with van der Waals surface area (Å²) in [6.07, 6.45) is 5.73. The normalized spacial score (nSPS) is 9.33. The fourth-order valence-corrected chi connectivity index (χ4v) is 1.17. The molecule has 0 radical (unpaired) electrons. The maximum absolute atomic E-state index is 12.8. The summed E-state index contributed by atoms with van der Waals surface area (Å²) < 4.78 is 12.8. The molecule has 0 spiro atoms. The number of carbonyl (C=O) groups is 1. The largest absolute Gasteiger partial charge is 0.355 e. The van der Waals surface area contributed by atoms with Crippen LogP contribution in [0.2, 0.25) is 0 Å². The smallest absolute Gasteiger partial charge is 0.224 e. The molecule has 78 valence electrons. The first-order valence-corrected chi connectivity index (χ1v) is 4.67. The Morgan fingerprint density at radius 1 is 1.53 bits per heavy atom. The Labute approximate surface area is 88.5 Å². The first-order valence-electron chi connectivity index (χ1n) is 4.67. The summed E-state index contributed by atoms with van der Waals surface area (Å²) in [5.74, 6) is 1.95. The summed E-state index contributed by atoms with van der Waals surface area (Å²) >= 11 is 0. The zero-order valence-corrected chi connectivity index (χ0v) is 8.29. The van der Waals surface area contributed by atoms with Gasteiger partial charge in [0.05, 0.1) is 6.42 Å². The van der Waals surface area contributed by atoms with Crippen molar-refractivity contribution in [3.05, 3.63) is 35.6 Å². The summed E-state index contributed by atoms with van der Waals surface area (Å²) in [5.41, 5.74) is 0.660. The minimum absolute atomic E-state index is 0.143. The van der Waals surface area contributed by atoms with Crippen LogP contribution in [0, 0.1) is 18.2 Å². The van der Waals surface area contributed by atoms with E-state index in [0.717, 1.165) is 0 Å². The Hall–Kier alpha value is -1.82. The Morgan fingerprint density at radius 2 is 2.33 bits per heavy atom. The highest BCUT2D eigenvalue weighted by molar-refractivity contribution is 5.78. The number of rotatable bonds is 4. The molecule has 1 amide bonds. The van der Waals surface area contributed by atoms with Crippen molar-refractivity contribution in [1.29, 1.82) is 0 Å². The third-order valence-corrected chi connectivity index (χ3v) is 1.85. The lowest BCUT2D eigenvalue weighted by Crippen LogP contribution is -2.25. The molecule has 1 N–H and O–H groups in total. The van der Waals surface area contributed by atoms with Crippen molar-refractivity contribution in [2.45, 2.75) is 12.8 Å². The van der Waals surface area contributed by atoms with Crippen LogP contribution in [0.1, 0.15) is 12.0 Å². The van der Waals surface area contributed by atoms with E-state index in [0.29, 0.717) is 18.5 Å². The zero-order valence-electron chi connectivity index (χ0n) is 8.29. The highest BCUT2D eigenvalue weighted by Crippen LogP contribution is 2.03. The number of nitrogens with one attached hydrogen (secondary N) is 1. The zero-order chi connectivity index (χ0) is 11.1. The quantitative estimate of drug-likeness (QED) is 0.586. The highest BCUT2D eigenvalue weighted by Gasteiger charge is 2.02. The van der Waals surface area contributed by atoms with Gasteiger partial charge in [-0.25, -0.2) is 4.39 Å². The van der Waals surface area contributed by atoms with E-state index < -0.39 is 0 Å². The van der Waals surface area contributed by atoms with Crippen LogP contribution < -0.4 is 5.32 Å². The molecule has 0 aliphatic heterocycles. The monoisotopic (exact) mass is 205 g/mol. The van der Waals surface area contributed by atoms with Gasteiger partial charge in [0.25, 0.3) is 0 Å². The summed E-state index contributed by atoms with van der Waals surface area (Å²) in [5, 5.41) is 2.65. The standard InChI is InChI=1S/C12H12FNO/c1-2-3-7-14-12(15)9-10-5-4-6-11(13)8-10/h1,4-6,8H,3,7,9H2,(H,14,15). The van der Waals surface area contributed by atoms with Gasteiger partial charge in [0.1, 0.15) is 5.82 Å². The van der Waals surface area contributed by atoms with Gasteiger partial charge in [-0.2, -0.15) is 0 Å². The molecular weight excluding hydrogens is 193 g/mol. The van der Waals surface area contributed by atoms with Crippen LogP contribution in [0.15, 0.2) is 24.3 Å². The second-order valence-corrected chi connectivity index (χ2v) is 3.11.